The van der Waals surface area contributed by atoms with Crippen molar-refractivity contribution in [2.24, 2.45) is 5.92 Å². The summed E-state index contributed by atoms with van der Waals surface area (Å²) in [7, 11) is 0. The Bertz CT molecular complexity index is 416. The Morgan fingerprint density at radius 2 is 2.35 bits per heavy atom. The maximum Gasteiger partial charge on any atom is 0.254 e. The van der Waals surface area contributed by atoms with Gasteiger partial charge in [0, 0.05) is 18.4 Å². The molecule has 0 saturated carbocycles. The second-order valence-corrected chi connectivity index (χ2v) is 5.21. The van der Waals surface area contributed by atoms with Gasteiger partial charge in [0.15, 0.2) is 0 Å². The highest BCUT2D eigenvalue weighted by Gasteiger charge is 2.17. The fourth-order valence-electron chi connectivity index (χ4n) is 2.38. The fourth-order valence-corrected chi connectivity index (χ4v) is 2.38. The van der Waals surface area contributed by atoms with Crippen LogP contribution in [-0.4, -0.2) is 17.8 Å². The minimum absolute atomic E-state index is 0.164. The van der Waals surface area contributed by atoms with Crippen LogP contribution in [0.3, 0.4) is 0 Å². The first-order chi connectivity index (χ1) is 8.18. The van der Waals surface area contributed by atoms with E-state index in [-0.39, 0.29) is 11.6 Å². The number of pyridine rings is 1. The summed E-state index contributed by atoms with van der Waals surface area (Å²) in [5.74, 6) is 0.515. The summed E-state index contributed by atoms with van der Waals surface area (Å²) in [6, 6.07) is 4.15. The van der Waals surface area contributed by atoms with Crippen LogP contribution in [0.4, 0.5) is 0 Å². The minimum atomic E-state index is 0.164. The highest BCUT2D eigenvalue weighted by Crippen LogP contribution is 2.17. The normalized spacial score (nSPS) is 20.8. The molecular formula is C14H21NO2. The molecule has 0 N–H and O–H groups in total. The van der Waals surface area contributed by atoms with Crippen molar-refractivity contribution in [3.63, 3.8) is 0 Å². The van der Waals surface area contributed by atoms with Crippen LogP contribution in [0.2, 0.25) is 0 Å². The summed E-state index contributed by atoms with van der Waals surface area (Å²) in [5.41, 5.74) is 1.09. The van der Waals surface area contributed by atoms with Crippen LogP contribution in [0.25, 0.3) is 0 Å². The van der Waals surface area contributed by atoms with Gasteiger partial charge in [-0.15, -0.1) is 0 Å². The van der Waals surface area contributed by atoms with E-state index in [4.69, 9.17) is 4.74 Å². The molecule has 0 amide bonds. The van der Waals surface area contributed by atoms with E-state index >= 15 is 0 Å². The molecule has 1 atom stereocenters. The van der Waals surface area contributed by atoms with Crippen molar-refractivity contribution in [1.82, 2.24) is 4.57 Å². The van der Waals surface area contributed by atoms with Crippen LogP contribution in [0.1, 0.15) is 38.3 Å². The molecule has 1 saturated heterocycles. The molecule has 1 aromatic heterocycles. The summed E-state index contributed by atoms with van der Waals surface area (Å²) in [4.78, 5) is 12.3. The summed E-state index contributed by atoms with van der Waals surface area (Å²) in [5, 5.41) is 0. The van der Waals surface area contributed by atoms with Crippen molar-refractivity contribution in [3.05, 3.63) is 34.2 Å². The lowest BCUT2D eigenvalue weighted by atomic mass is 10.0. The molecule has 0 radical (unpaired) electrons. The van der Waals surface area contributed by atoms with E-state index in [2.05, 4.69) is 13.8 Å². The van der Waals surface area contributed by atoms with Crippen LogP contribution in [-0.2, 0) is 11.2 Å². The number of aromatic nitrogens is 1. The molecule has 1 aromatic rings. The molecule has 3 nitrogen and oxygen atoms in total. The smallest absolute Gasteiger partial charge is 0.254 e. The quantitative estimate of drug-likeness (QED) is 0.805. The van der Waals surface area contributed by atoms with Gasteiger partial charge in [0.05, 0.1) is 12.6 Å². The lowest BCUT2D eigenvalue weighted by Crippen LogP contribution is -2.32. The highest BCUT2D eigenvalue weighted by atomic mass is 16.5. The molecule has 0 spiro atoms. The number of hydrogen-bond acceptors (Lipinski definition) is 2. The van der Waals surface area contributed by atoms with E-state index in [9.17, 15) is 4.79 Å². The van der Waals surface area contributed by atoms with Crippen LogP contribution in [0.5, 0.6) is 0 Å². The van der Waals surface area contributed by atoms with Crippen LogP contribution in [0, 0.1) is 5.92 Å². The summed E-state index contributed by atoms with van der Waals surface area (Å²) in [6.45, 7) is 5.78. The lowest BCUT2D eigenvalue weighted by Gasteiger charge is -2.24. The number of ether oxygens (including phenoxy) is 1. The predicted octanol–water partition coefficient (Wildman–Crippen LogP) is 2.40. The van der Waals surface area contributed by atoms with Crippen molar-refractivity contribution >= 4 is 0 Å². The van der Waals surface area contributed by atoms with E-state index in [1.165, 1.54) is 0 Å². The topological polar surface area (TPSA) is 31.2 Å². The third-order valence-electron chi connectivity index (χ3n) is 3.21. The number of nitrogens with zero attached hydrogens (tertiary/aromatic N) is 1. The van der Waals surface area contributed by atoms with Crippen molar-refractivity contribution in [2.75, 3.05) is 13.2 Å². The van der Waals surface area contributed by atoms with Crippen molar-refractivity contribution in [1.29, 1.82) is 0 Å². The van der Waals surface area contributed by atoms with Gasteiger partial charge in [-0.2, -0.15) is 0 Å². The Kier molecular flexibility index (Phi) is 4.00. The molecule has 2 heterocycles. The molecule has 0 unspecified atom stereocenters. The minimum Gasteiger partial charge on any atom is -0.379 e. The molecule has 1 aliphatic rings. The molecule has 17 heavy (non-hydrogen) atoms. The molecule has 2 rings (SSSR count). The Hall–Kier alpha value is -1.09. The molecule has 1 fully saturated rings. The van der Waals surface area contributed by atoms with E-state index in [0.29, 0.717) is 12.5 Å². The van der Waals surface area contributed by atoms with Gasteiger partial charge in [-0.3, -0.25) is 4.79 Å². The van der Waals surface area contributed by atoms with E-state index in [1.54, 1.807) is 0 Å². The van der Waals surface area contributed by atoms with Crippen LogP contribution < -0.4 is 5.56 Å². The van der Waals surface area contributed by atoms with Gasteiger partial charge in [0.25, 0.3) is 5.56 Å². The Labute approximate surface area is 102 Å². The van der Waals surface area contributed by atoms with Gasteiger partial charge in [0.2, 0.25) is 0 Å². The first-order valence-electron chi connectivity index (χ1n) is 6.46. The van der Waals surface area contributed by atoms with Gasteiger partial charge in [-0.25, -0.2) is 0 Å². The third kappa shape index (κ3) is 2.97. The fraction of sp³-hybridized carbons (Fsp3) is 0.643. The predicted molar refractivity (Wildman–Crippen MR) is 68.3 cm³/mol. The molecule has 3 heteroatoms. The zero-order chi connectivity index (χ0) is 12.3. The average Bonchev–Trinajstić information content (AvgIpc) is 2.32. The first kappa shape index (κ1) is 12.4. The zero-order valence-corrected chi connectivity index (χ0v) is 10.7. The lowest BCUT2D eigenvalue weighted by molar-refractivity contribution is 0.0579. The maximum atomic E-state index is 12.3. The summed E-state index contributed by atoms with van der Waals surface area (Å²) < 4.78 is 7.31. The molecule has 0 aliphatic carbocycles. The van der Waals surface area contributed by atoms with Crippen molar-refractivity contribution in [3.8, 4) is 0 Å². The first-order valence-corrected chi connectivity index (χ1v) is 6.46. The molecule has 0 bridgehead atoms. The van der Waals surface area contributed by atoms with Crippen LogP contribution >= 0.6 is 0 Å². The monoisotopic (exact) mass is 235 g/mol. The van der Waals surface area contributed by atoms with E-state index < -0.39 is 0 Å². The third-order valence-corrected chi connectivity index (χ3v) is 3.21. The van der Waals surface area contributed by atoms with Crippen molar-refractivity contribution < 1.29 is 4.74 Å². The molecule has 0 aromatic carbocycles. The second kappa shape index (κ2) is 5.50. The SMILES string of the molecule is CC(C)Cc1cccn([C@@H]2CCCOC2)c1=O. The van der Waals surface area contributed by atoms with E-state index in [0.717, 1.165) is 31.4 Å². The number of hydrogen-bond donors (Lipinski definition) is 0. The Balaban J connectivity index is 2.25. The average molecular weight is 235 g/mol. The van der Waals surface area contributed by atoms with Crippen LogP contribution in [0.15, 0.2) is 23.1 Å². The Morgan fingerprint density at radius 3 is 3.00 bits per heavy atom. The maximum absolute atomic E-state index is 12.3. The van der Waals surface area contributed by atoms with Gasteiger partial charge in [-0.05, 0) is 31.2 Å². The van der Waals surface area contributed by atoms with Gasteiger partial charge >= 0.3 is 0 Å². The number of rotatable bonds is 3. The van der Waals surface area contributed by atoms with Crippen molar-refractivity contribution in [2.45, 2.75) is 39.2 Å². The molecule has 1 aliphatic heterocycles. The van der Waals surface area contributed by atoms with Gasteiger partial charge in [0.1, 0.15) is 0 Å². The largest absolute Gasteiger partial charge is 0.379 e. The zero-order valence-electron chi connectivity index (χ0n) is 10.7. The molecular weight excluding hydrogens is 214 g/mol. The summed E-state index contributed by atoms with van der Waals surface area (Å²) >= 11 is 0. The summed E-state index contributed by atoms with van der Waals surface area (Å²) in [6.07, 6.45) is 4.84. The van der Waals surface area contributed by atoms with Gasteiger partial charge in [-0.1, -0.05) is 19.9 Å². The van der Waals surface area contributed by atoms with E-state index in [1.807, 2.05) is 22.9 Å². The van der Waals surface area contributed by atoms with Gasteiger partial charge < -0.3 is 9.30 Å². The molecule has 94 valence electrons. The highest BCUT2D eigenvalue weighted by molar-refractivity contribution is 5.11. The standard InChI is InChI=1S/C14H21NO2/c1-11(2)9-12-5-3-7-15(14(12)16)13-6-4-8-17-10-13/h3,5,7,11,13H,4,6,8-10H2,1-2H3/t13-/m1/s1. The second-order valence-electron chi connectivity index (χ2n) is 5.21. The Morgan fingerprint density at radius 1 is 1.53 bits per heavy atom.